The zero-order valence-corrected chi connectivity index (χ0v) is 13.5. The van der Waals surface area contributed by atoms with Crippen LogP contribution in [-0.2, 0) is 0 Å². The zero-order valence-electron chi connectivity index (χ0n) is 13.5. The van der Waals surface area contributed by atoms with Gasteiger partial charge in [0.2, 0.25) is 0 Å². The van der Waals surface area contributed by atoms with Gasteiger partial charge < -0.3 is 14.8 Å². The Morgan fingerprint density at radius 2 is 1.81 bits per heavy atom. The van der Waals surface area contributed by atoms with E-state index in [1.807, 2.05) is 18.2 Å². The summed E-state index contributed by atoms with van der Waals surface area (Å²) < 4.78 is 5.59. The van der Waals surface area contributed by atoms with Crippen molar-refractivity contribution in [2.45, 2.75) is 0 Å². The van der Waals surface area contributed by atoms with E-state index >= 15 is 0 Å². The first-order valence-corrected chi connectivity index (χ1v) is 7.70. The second-order valence-electron chi connectivity index (χ2n) is 5.28. The average Bonchev–Trinajstić information content (AvgIpc) is 3.11. The van der Waals surface area contributed by atoms with Crippen LogP contribution in [0.3, 0.4) is 0 Å². The Morgan fingerprint density at radius 1 is 1.00 bits per heavy atom. The third kappa shape index (κ3) is 4.35. The van der Waals surface area contributed by atoms with Crippen molar-refractivity contribution in [2.24, 2.45) is 5.10 Å². The van der Waals surface area contributed by atoms with Gasteiger partial charge in [0, 0.05) is 11.3 Å². The number of benzene rings is 2. The number of furan rings is 1. The molecule has 0 spiro atoms. The van der Waals surface area contributed by atoms with Gasteiger partial charge in [0.25, 0.3) is 0 Å². The Morgan fingerprint density at radius 3 is 2.58 bits per heavy atom. The summed E-state index contributed by atoms with van der Waals surface area (Å²) in [6, 6.07) is 18.3. The van der Waals surface area contributed by atoms with E-state index in [1.54, 1.807) is 36.4 Å². The summed E-state index contributed by atoms with van der Waals surface area (Å²) in [5, 5.41) is 15.5. The minimum Gasteiger partial charge on any atom is -0.478 e. The molecule has 2 aromatic carbocycles. The van der Waals surface area contributed by atoms with Gasteiger partial charge in [0.05, 0.1) is 11.8 Å². The maximum Gasteiger partial charge on any atom is 0.339 e. The lowest BCUT2D eigenvalue weighted by Crippen LogP contribution is -2.24. The Kier molecular flexibility index (Phi) is 5.09. The number of carbonyl (C=O) groups excluding carboxylic acids is 1. The SMILES string of the molecule is O=C(NN=Cc1ccc(-c2cccc(C(=O)O)c2)o1)Nc1ccccc1. The highest BCUT2D eigenvalue weighted by atomic mass is 16.4. The van der Waals surface area contributed by atoms with Crippen molar-refractivity contribution >= 4 is 23.9 Å². The van der Waals surface area contributed by atoms with Crippen LogP contribution in [0.4, 0.5) is 10.5 Å². The fraction of sp³-hybridized carbons (Fsp3) is 0. The van der Waals surface area contributed by atoms with E-state index in [4.69, 9.17) is 9.52 Å². The molecule has 0 atom stereocenters. The topological polar surface area (TPSA) is 104 Å². The number of carboxylic acids is 1. The highest BCUT2D eigenvalue weighted by Crippen LogP contribution is 2.22. The largest absolute Gasteiger partial charge is 0.478 e. The minimum atomic E-state index is -1.01. The first-order chi connectivity index (χ1) is 12.6. The molecule has 0 saturated heterocycles. The lowest BCUT2D eigenvalue weighted by Gasteiger charge is -2.02. The van der Waals surface area contributed by atoms with Crippen molar-refractivity contribution in [3.8, 4) is 11.3 Å². The van der Waals surface area contributed by atoms with Crippen molar-refractivity contribution in [1.82, 2.24) is 5.43 Å². The van der Waals surface area contributed by atoms with Crippen LogP contribution in [0.1, 0.15) is 16.1 Å². The minimum absolute atomic E-state index is 0.174. The van der Waals surface area contributed by atoms with E-state index in [2.05, 4.69) is 15.8 Å². The summed E-state index contributed by atoms with van der Waals surface area (Å²) in [4.78, 5) is 22.7. The fourth-order valence-electron chi connectivity index (χ4n) is 2.22. The number of para-hydroxylation sites is 1. The molecule has 130 valence electrons. The van der Waals surface area contributed by atoms with E-state index in [1.165, 1.54) is 18.3 Å². The second-order valence-corrected chi connectivity index (χ2v) is 5.28. The molecule has 0 unspecified atom stereocenters. The van der Waals surface area contributed by atoms with Crippen molar-refractivity contribution in [3.05, 3.63) is 78.1 Å². The van der Waals surface area contributed by atoms with Crippen LogP contribution in [0.2, 0.25) is 0 Å². The van der Waals surface area contributed by atoms with Crippen molar-refractivity contribution < 1.29 is 19.1 Å². The fourth-order valence-corrected chi connectivity index (χ4v) is 2.22. The number of aromatic carboxylic acids is 1. The maximum atomic E-state index is 11.7. The van der Waals surface area contributed by atoms with Crippen molar-refractivity contribution in [2.75, 3.05) is 5.32 Å². The molecule has 0 radical (unpaired) electrons. The van der Waals surface area contributed by atoms with Gasteiger partial charge in [-0.2, -0.15) is 5.10 Å². The summed E-state index contributed by atoms with van der Waals surface area (Å²) in [5.74, 6) is -0.0853. The summed E-state index contributed by atoms with van der Waals surface area (Å²) in [6.07, 6.45) is 1.36. The third-order valence-electron chi connectivity index (χ3n) is 3.41. The van der Waals surface area contributed by atoms with Crippen LogP contribution >= 0.6 is 0 Å². The molecule has 1 aromatic heterocycles. The lowest BCUT2D eigenvalue weighted by molar-refractivity contribution is 0.0697. The normalized spacial score (nSPS) is 10.6. The van der Waals surface area contributed by atoms with Crippen LogP contribution in [0.15, 0.2) is 76.2 Å². The number of carboxylic acid groups (broad SMARTS) is 1. The molecule has 0 aliphatic heterocycles. The number of hydrogen-bond acceptors (Lipinski definition) is 4. The molecular weight excluding hydrogens is 334 g/mol. The Balaban J connectivity index is 1.61. The number of nitrogens with one attached hydrogen (secondary N) is 2. The highest BCUT2D eigenvalue weighted by Gasteiger charge is 2.08. The average molecular weight is 349 g/mol. The standard InChI is InChI=1S/C19H15N3O4/c23-18(24)14-6-4-5-13(11-14)17-10-9-16(26-17)12-20-22-19(25)21-15-7-2-1-3-8-15/h1-12H,(H,23,24)(H2,21,22,25). The van der Waals surface area contributed by atoms with E-state index in [-0.39, 0.29) is 5.56 Å². The van der Waals surface area contributed by atoms with Crippen molar-refractivity contribution in [1.29, 1.82) is 0 Å². The first-order valence-electron chi connectivity index (χ1n) is 7.70. The number of hydrogen-bond donors (Lipinski definition) is 3. The summed E-state index contributed by atoms with van der Waals surface area (Å²) in [6.45, 7) is 0. The van der Waals surface area contributed by atoms with Crippen LogP contribution in [-0.4, -0.2) is 23.3 Å². The van der Waals surface area contributed by atoms with Gasteiger partial charge in [-0.1, -0.05) is 30.3 Å². The number of hydrazone groups is 1. The molecule has 0 saturated carbocycles. The molecule has 2 amide bonds. The number of nitrogens with zero attached hydrogens (tertiary/aromatic N) is 1. The number of rotatable bonds is 5. The molecule has 0 fully saturated rings. The van der Waals surface area contributed by atoms with Crippen LogP contribution < -0.4 is 10.7 Å². The number of amides is 2. The molecule has 3 rings (SSSR count). The molecule has 1 heterocycles. The Labute approximate surface area is 149 Å². The summed E-state index contributed by atoms with van der Waals surface area (Å²) in [5.41, 5.74) is 3.80. The lowest BCUT2D eigenvalue weighted by atomic mass is 10.1. The zero-order chi connectivity index (χ0) is 18.4. The smallest absolute Gasteiger partial charge is 0.339 e. The van der Waals surface area contributed by atoms with Gasteiger partial charge in [-0.15, -0.1) is 0 Å². The van der Waals surface area contributed by atoms with Gasteiger partial charge in [-0.05, 0) is 36.4 Å². The van der Waals surface area contributed by atoms with E-state index < -0.39 is 12.0 Å². The third-order valence-corrected chi connectivity index (χ3v) is 3.41. The van der Waals surface area contributed by atoms with Crippen LogP contribution in [0.25, 0.3) is 11.3 Å². The maximum absolute atomic E-state index is 11.7. The first kappa shape index (κ1) is 17.0. The van der Waals surface area contributed by atoms with Gasteiger partial charge in [0.1, 0.15) is 11.5 Å². The van der Waals surface area contributed by atoms with Crippen molar-refractivity contribution in [3.63, 3.8) is 0 Å². The molecular formula is C19H15N3O4. The summed E-state index contributed by atoms with van der Waals surface area (Å²) >= 11 is 0. The van der Waals surface area contributed by atoms with Crippen LogP contribution in [0, 0.1) is 0 Å². The van der Waals surface area contributed by atoms with Gasteiger partial charge in [0.15, 0.2) is 0 Å². The Bertz CT molecular complexity index is 948. The number of urea groups is 1. The molecule has 3 aromatic rings. The van der Waals surface area contributed by atoms with E-state index in [0.29, 0.717) is 22.8 Å². The highest BCUT2D eigenvalue weighted by molar-refractivity contribution is 5.90. The number of carbonyl (C=O) groups is 2. The summed E-state index contributed by atoms with van der Waals surface area (Å²) in [7, 11) is 0. The van der Waals surface area contributed by atoms with Gasteiger partial charge >= 0.3 is 12.0 Å². The number of anilines is 1. The van der Waals surface area contributed by atoms with Crippen LogP contribution in [0.5, 0.6) is 0 Å². The monoisotopic (exact) mass is 349 g/mol. The second kappa shape index (κ2) is 7.80. The van der Waals surface area contributed by atoms with E-state index in [0.717, 1.165) is 0 Å². The predicted molar refractivity (Wildman–Crippen MR) is 97.3 cm³/mol. The molecule has 0 bridgehead atoms. The molecule has 0 aliphatic rings. The quantitative estimate of drug-likeness (QED) is 0.481. The molecule has 7 nitrogen and oxygen atoms in total. The van der Waals surface area contributed by atoms with E-state index in [9.17, 15) is 9.59 Å². The Hall–Kier alpha value is -3.87. The van der Waals surface area contributed by atoms with Gasteiger partial charge in [-0.25, -0.2) is 15.0 Å². The molecule has 7 heteroatoms. The molecule has 0 aliphatic carbocycles. The predicted octanol–water partition coefficient (Wildman–Crippen LogP) is 3.80. The van der Waals surface area contributed by atoms with Gasteiger partial charge in [-0.3, -0.25) is 0 Å². The molecule has 3 N–H and O–H groups in total. The molecule has 26 heavy (non-hydrogen) atoms.